The second kappa shape index (κ2) is 7.44. The molecule has 1 fully saturated rings. The van der Waals surface area contributed by atoms with E-state index in [9.17, 15) is 4.79 Å². The highest BCUT2D eigenvalue weighted by Crippen LogP contribution is 2.20. The molecule has 1 heterocycles. The lowest BCUT2D eigenvalue weighted by atomic mass is 9.92. The van der Waals surface area contributed by atoms with Crippen LogP contribution in [0.3, 0.4) is 0 Å². The second-order valence-corrected chi connectivity index (χ2v) is 5.82. The molecule has 20 heavy (non-hydrogen) atoms. The van der Waals surface area contributed by atoms with Crippen molar-refractivity contribution in [2.75, 3.05) is 13.1 Å². The Labute approximate surface area is 122 Å². The van der Waals surface area contributed by atoms with Crippen LogP contribution in [-0.2, 0) is 11.3 Å². The van der Waals surface area contributed by atoms with Gasteiger partial charge in [-0.25, -0.2) is 0 Å². The topological polar surface area (TPSA) is 32.3 Å². The third-order valence-electron chi connectivity index (χ3n) is 3.99. The Balaban J connectivity index is 2.01. The number of piperidine rings is 1. The smallest absolute Gasteiger partial charge is 0.226 e. The number of rotatable bonds is 5. The summed E-state index contributed by atoms with van der Waals surface area (Å²) in [6.07, 6.45) is 2.95. The van der Waals surface area contributed by atoms with E-state index in [1.54, 1.807) is 0 Å². The highest BCUT2D eigenvalue weighted by atomic mass is 16.2. The lowest BCUT2D eigenvalue weighted by Crippen LogP contribution is -2.44. The normalized spacial score (nSPS) is 22.5. The van der Waals surface area contributed by atoms with Crippen molar-refractivity contribution >= 4 is 5.91 Å². The standard InChI is InChI=1S/C17H26N2O/c1-3-11-19(13-15-7-5-4-6-8-15)17(20)16-9-10-18-14(2)12-16/h4-8,14,16,18H,3,9-13H2,1-2H3. The number of amides is 1. The highest BCUT2D eigenvalue weighted by molar-refractivity contribution is 5.79. The van der Waals surface area contributed by atoms with Gasteiger partial charge >= 0.3 is 0 Å². The molecule has 2 atom stereocenters. The zero-order valence-electron chi connectivity index (χ0n) is 12.6. The minimum absolute atomic E-state index is 0.196. The van der Waals surface area contributed by atoms with E-state index in [2.05, 4.69) is 31.3 Å². The summed E-state index contributed by atoms with van der Waals surface area (Å²) in [5.74, 6) is 0.533. The fourth-order valence-electron chi connectivity index (χ4n) is 2.96. The molecule has 1 saturated heterocycles. The molecule has 0 radical (unpaired) electrons. The van der Waals surface area contributed by atoms with Gasteiger partial charge in [-0.15, -0.1) is 0 Å². The first-order valence-electron chi connectivity index (χ1n) is 7.76. The maximum Gasteiger partial charge on any atom is 0.226 e. The van der Waals surface area contributed by atoms with Crippen molar-refractivity contribution in [3.05, 3.63) is 35.9 Å². The first-order chi connectivity index (χ1) is 9.70. The van der Waals surface area contributed by atoms with E-state index in [0.717, 1.165) is 38.9 Å². The predicted molar refractivity (Wildman–Crippen MR) is 82.3 cm³/mol. The van der Waals surface area contributed by atoms with Gasteiger partial charge in [0.05, 0.1) is 0 Å². The third-order valence-corrected chi connectivity index (χ3v) is 3.99. The number of carbonyl (C=O) groups is 1. The van der Waals surface area contributed by atoms with E-state index < -0.39 is 0 Å². The van der Waals surface area contributed by atoms with E-state index >= 15 is 0 Å². The number of carbonyl (C=O) groups excluding carboxylic acids is 1. The van der Waals surface area contributed by atoms with Crippen molar-refractivity contribution in [1.82, 2.24) is 10.2 Å². The summed E-state index contributed by atoms with van der Waals surface area (Å²) in [6, 6.07) is 10.7. The summed E-state index contributed by atoms with van der Waals surface area (Å²) in [7, 11) is 0. The number of benzene rings is 1. The zero-order chi connectivity index (χ0) is 14.4. The molecule has 2 rings (SSSR count). The van der Waals surface area contributed by atoms with Crippen LogP contribution in [0.1, 0.15) is 38.7 Å². The van der Waals surface area contributed by atoms with Gasteiger partial charge in [-0.1, -0.05) is 37.3 Å². The number of nitrogens with one attached hydrogen (secondary N) is 1. The lowest BCUT2D eigenvalue weighted by Gasteiger charge is -2.32. The van der Waals surface area contributed by atoms with Crippen LogP contribution in [0.4, 0.5) is 0 Å². The summed E-state index contributed by atoms with van der Waals surface area (Å²) < 4.78 is 0. The molecule has 0 aromatic heterocycles. The van der Waals surface area contributed by atoms with Crippen LogP contribution < -0.4 is 5.32 Å². The SMILES string of the molecule is CCCN(Cc1ccccc1)C(=O)C1CCNC(C)C1. The maximum atomic E-state index is 12.7. The number of hydrogen-bond donors (Lipinski definition) is 1. The highest BCUT2D eigenvalue weighted by Gasteiger charge is 2.28. The quantitative estimate of drug-likeness (QED) is 0.895. The fourth-order valence-corrected chi connectivity index (χ4v) is 2.96. The van der Waals surface area contributed by atoms with Gasteiger partial charge < -0.3 is 10.2 Å². The first kappa shape index (κ1) is 15.0. The molecule has 0 saturated carbocycles. The molecule has 1 aromatic rings. The van der Waals surface area contributed by atoms with Crippen molar-refractivity contribution < 1.29 is 4.79 Å². The summed E-state index contributed by atoms with van der Waals surface area (Å²) in [6.45, 7) is 6.86. The van der Waals surface area contributed by atoms with E-state index in [0.29, 0.717) is 11.9 Å². The van der Waals surface area contributed by atoms with Gasteiger partial charge in [0.1, 0.15) is 0 Å². The van der Waals surface area contributed by atoms with E-state index in [1.165, 1.54) is 5.56 Å². The third kappa shape index (κ3) is 4.07. The Morgan fingerprint density at radius 3 is 2.75 bits per heavy atom. The summed E-state index contributed by atoms with van der Waals surface area (Å²) in [4.78, 5) is 14.8. The molecule has 3 nitrogen and oxygen atoms in total. The Kier molecular flexibility index (Phi) is 5.60. The Morgan fingerprint density at radius 1 is 1.35 bits per heavy atom. The molecule has 1 amide bonds. The van der Waals surface area contributed by atoms with Crippen LogP contribution in [0, 0.1) is 5.92 Å². The van der Waals surface area contributed by atoms with Crippen molar-refractivity contribution in [3.8, 4) is 0 Å². The molecule has 1 aliphatic rings. The molecule has 1 aromatic carbocycles. The van der Waals surface area contributed by atoms with E-state index in [4.69, 9.17) is 0 Å². The lowest BCUT2D eigenvalue weighted by molar-refractivity contribution is -0.137. The van der Waals surface area contributed by atoms with Crippen LogP contribution in [0.25, 0.3) is 0 Å². The van der Waals surface area contributed by atoms with Gasteiger partial charge in [0.25, 0.3) is 0 Å². The molecular weight excluding hydrogens is 248 g/mol. The van der Waals surface area contributed by atoms with Gasteiger partial charge in [-0.2, -0.15) is 0 Å². The van der Waals surface area contributed by atoms with Crippen LogP contribution in [-0.4, -0.2) is 29.9 Å². The Morgan fingerprint density at radius 2 is 2.10 bits per heavy atom. The summed E-state index contributed by atoms with van der Waals surface area (Å²) >= 11 is 0. The fraction of sp³-hybridized carbons (Fsp3) is 0.588. The number of nitrogens with zero attached hydrogens (tertiary/aromatic N) is 1. The average molecular weight is 274 g/mol. The van der Waals surface area contributed by atoms with Crippen molar-refractivity contribution in [3.63, 3.8) is 0 Å². The minimum Gasteiger partial charge on any atom is -0.338 e. The van der Waals surface area contributed by atoms with Gasteiger partial charge in [-0.3, -0.25) is 4.79 Å². The molecule has 0 aliphatic carbocycles. The monoisotopic (exact) mass is 274 g/mol. The van der Waals surface area contributed by atoms with Crippen LogP contribution in [0.2, 0.25) is 0 Å². The van der Waals surface area contributed by atoms with E-state index in [1.807, 2.05) is 23.1 Å². The van der Waals surface area contributed by atoms with E-state index in [-0.39, 0.29) is 5.92 Å². The van der Waals surface area contributed by atoms with Gasteiger partial charge in [0, 0.05) is 25.0 Å². The maximum absolute atomic E-state index is 12.7. The average Bonchev–Trinajstić information content (AvgIpc) is 2.47. The molecular formula is C17H26N2O. The zero-order valence-corrected chi connectivity index (χ0v) is 12.6. The first-order valence-corrected chi connectivity index (χ1v) is 7.76. The Bertz CT molecular complexity index is 418. The summed E-state index contributed by atoms with van der Waals surface area (Å²) in [5, 5.41) is 3.42. The van der Waals surface area contributed by atoms with Gasteiger partial charge in [-0.05, 0) is 38.3 Å². The largest absolute Gasteiger partial charge is 0.338 e. The summed E-state index contributed by atoms with van der Waals surface area (Å²) in [5.41, 5.74) is 1.22. The minimum atomic E-state index is 0.196. The molecule has 1 N–H and O–H groups in total. The number of hydrogen-bond acceptors (Lipinski definition) is 2. The second-order valence-electron chi connectivity index (χ2n) is 5.82. The molecule has 2 unspecified atom stereocenters. The van der Waals surface area contributed by atoms with Crippen molar-refractivity contribution in [2.45, 2.75) is 45.7 Å². The molecule has 0 bridgehead atoms. The van der Waals surface area contributed by atoms with Crippen LogP contribution in [0.5, 0.6) is 0 Å². The van der Waals surface area contributed by atoms with Crippen molar-refractivity contribution in [2.24, 2.45) is 5.92 Å². The van der Waals surface area contributed by atoms with Crippen molar-refractivity contribution in [1.29, 1.82) is 0 Å². The Hall–Kier alpha value is -1.35. The van der Waals surface area contributed by atoms with Gasteiger partial charge in [0.2, 0.25) is 5.91 Å². The molecule has 0 spiro atoms. The predicted octanol–water partition coefficient (Wildman–Crippen LogP) is 2.81. The van der Waals surface area contributed by atoms with Crippen LogP contribution in [0.15, 0.2) is 30.3 Å². The van der Waals surface area contributed by atoms with Crippen LogP contribution >= 0.6 is 0 Å². The molecule has 110 valence electrons. The van der Waals surface area contributed by atoms with Gasteiger partial charge in [0.15, 0.2) is 0 Å². The molecule has 1 aliphatic heterocycles. The molecule has 3 heteroatoms.